The Bertz CT molecular complexity index is 3970. The van der Waals surface area contributed by atoms with Crippen molar-refractivity contribution in [1.29, 1.82) is 0 Å². The maximum atomic E-state index is 5.23. The van der Waals surface area contributed by atoms with Gasteiger partial charge in [-0.1, -0.05) is 158 Å². The molecular formula is C60H40N4. The second kappa shape index (κ2) is 14.3. The summed E-state index contributed by atoms with van der Waals surface area (Å²) in [6.45, 7) is 0. The SMILES string of the molecule is Cn1c2ccccc2c2ccccc21.c1ccc(-n2c(-c3ccc4ccc5c(-c6ccc(-n7c8ccccc8c8ccccc87)cc6)ccc6ccc3c4c65)nc3ccccc32)cc1. The highest BCUT2D eigenvalue weighted by Crippen LogP contribution is 2.43. The molecule has 0 amide bonds. The average molecular weight is 817 g/mol. The van der Waals surface area contributed by atoms with Crippen LogP contribution in [0.3, 0.4) is 0 Å². The predicted octanol–water partition coefficient (Wildman–Crippen LogP) is 15.7. The van der Waals surface area contributed by atoms with Gasteiger partial charge in [-0.05, 0) is 110 Å². The van der Waals surface area contributed by atoms with Crippen molar-refractivity contribution in [3.05, 3.63) is 224 Å². The van der Waals surface area contributed by atoms with Gasteiger partial charge in [0.15, 0.2) is 0 Å². The van der Waals surface area contributed by atoms with Gasteiger partial charge >= 0.3 is 0 Å². The molecular weight excluding hydrogens is 777 g/mol. The van der Waals surface area contributed by atoms with E-state index in [0.29, 0.717) is 0 Å². The van der Waals surface area contributed by atoms with Crippen molar-refractivity contribution in [2.45, 2.75) is 0 Å². The predicted molar refractivity (Wildman–Crippen MR) is 270 cm³/mol. The summed E-state index contributed by atoms with van der Waals surface area (Å²) in [6, 6.07) is 80.7. The van der Waals surface area contributed by atoms with E-state index in [0.717, 1.165) is 33.8 Å². The van der Waals surface area contributed by atoms with Crippen LogP contribution in [-0.2, 0) is 7.05 Å². The third kappa shape index (κ3) is 5.46. The minimum Gasteiger partial charge on any atom is -0.344 e. The van der Waals surface area contributed by atoms with E-state index in [1.54, 1.807) is 0 Å². The van der Waals surface area contributed by atoms with Crippen LogP contribution in [0.5, 0.6) is 0 Å². The van der Waals surface area contributed by atoms with Crippen molar-refractivity contribution in [2.24, 2.45) is 7.05 Å². The quantitative estimate of drug-likeness (QED) is 0.163. The van der Waals surface area contributed by atoms with Crippen molar-refractivity contribution in [2.75, 3.05) is 0 Å². The summed E-state index contributed by atoms with van der Waals surface area (Å²) >= 11 is 0. The van der Waals surface area contributed by atoms with E-state index in [2.05, 4.69) is 245 Å². The van der Waals surface area contributed by atoms with Gasteiger partial charge in [-0.15, -0.1) is 0 Å². The normalized spacial score (nSPS) is 11.8. The van der Waals surface area contributed by atoms with Crippen LogP contribution in [-0.4, -0.2) is 18.7 Å². The van der Waals surface area contributed by atoms with E-state index >= 15 is 0 Å². The minimum atomic E-state index is 0.955. The van der Waals surface area contributed by atoms with Crippen molar-refractivity contribution < 1.29 is 0 Å². The van der Waals surface area contributed by atoms with Crippen molar-refractivity contribution in [3.63, 3.8) is 0 Å². The van der Waals surface area contributed by atoms with Crippen LogP contribution < -0.4 is 0 Å². The number of rotatable bonds is 4. The van der Waals surface area contributed by atoms with Gasteiger partial charge < -0.3 is 9.13 Å². The lowest BCUT2D eigenvalue weighted by Crippen LogP contribution is -1.98. The number of nitrogens with zero attached hydrogens (tertiary/aromatic N) is 4. The molecule has 3 aromatic heterocycles. The third-order valence-electron chi connectivity index (χ3n) is 13.3. The summed E-state index contributed by atoms with van der Waals surface area (Å²) in [5.41, 5.74) is 13.0. The Hall–Kier alpha value is -8.47. The molecule has 14 aromatic rings. The first-order valence-electron chi connectivity index (χ1n) is 21.9. The molecule has 0 aliphatic heterocycles. The fourth-order valence-electron chi connectivity index (χ4n) is 10.4. The van der Waals surface area contributed by atoms with Crippen LogP contribution in [0.4, 0.5) is 0 Å². The molecule has 0 unspecified atom stereocenters. The summed E-state index contributed by atoms with van der Waals surface area (Å²) in [5.74, 6) is 0.955. The summed E-state index contributed by atoms with van der Waals surface area (Å²) in [7, 11) is 2.12. The molecule has 3 heterocycles. The average Bonchev–Trinajstić information content (AvgIpc) is 4.01. The fraction of sp³-hybridized carbons (Fsp3) is 0.0167. The molecule has 0 aliphatic rings. The lowest BCUT2D eigenvalue weighted by molar-refractivity contribution is 1.01. The highest BCUT2D eigenvalue weighted by molar-refractivity contribution is 6.27. The molecule has 300 valence electrons. The summed E-state index contributed by atoms with van der Waals surface area (Å²) in [4.78, 5) is 5.23. The monoisotopic (exact) mass is 816 g/mol. The number of aryl methyl sites for hydroxylation is 1. The standard InChI is InChI=1S/C47H29N3.C13H11N/c1-2-10-33(11-3-1)50-44-17-9-6-14-41(44)48-47(50)40-29-23-32-21-27-38-35(26-20-31-22-28-39(40)46(32)45(31)38)30-18-24-34(25-19-30)49-42-15-7-4-12-36(42)37-13-5-8-16-43(37)49;1-14-12-8-4-2-6-10(12)11-7-3-5-9-13(11)14/h1-29H;2-9H,1H3. The zero-order valence-electron chi connectivity index (χ0n) is 35.2. The molecule has 0 saturated heterocycles. The summed E-state index contributed by atoms with van der Waals surface area (Å²) in [5, 5.41) is 12.8. The van der Waals surface area contributed by atoms with Crippen molar-refractivity contribution in [3.8, 4) is 33.9 Å². The van der Waals surface area contributed by atoms with Crippen LogP contribution >= 0.6 is 0 Å². The Balaban J connectivity index is 0.000000250. The number of aromatic nitrogens is 4. The number of hydrogen-bond donors (Lipinski definition) is 0. The Morgan fingerprint density at radius 1 is 0.312 bits per heavy atom. The minimum absolute atomic E-state index is 0.955. The maximum Gasteiger partial charge on any atom is 0.146 e. The highest BCUT2D eigenvalue weighted by atomic mass is 15.1. The van der Waals surface area contributed by atoms with E-state index in [4.69, 9.17) is 4.98 Å². The number of imidazole rings is 1. The first-order valence-corrected chi connectivity index (χ1v) is 21.9. The zero-order valence-corrected chi connectivity index (χ0v) is 35.2. The van der Waals surface area contributed by atoms with E-state index in [9.17, 15) is 0 Å². The summed E-state index contributed by atoms with van der Waals surface area (Å²) in [6.07, 6.45) is 0. The Kier molecular flexibility index (Phi) is 8.09. The smallest absolute Gasteiger partial charge is 0.146 e. The number of benzene rings is 11. The van der Waals surface area contributed by atoms with E-state index in [1.165, 1.54) is 87.1 Å². The molecule has 0 saturated carbocycles. The van der Waals surface area contributed by atoms with Crippen LogP contribution in [0.25, 0.3) is 121 Å². The molecule has 0 N–H and O–H groups in total. The van der Waals surface area contributed by atoms with Crippen molar-refractivity contribution in [1.82, 2.24) is 18.7 Å². The largest absolute Gasteiger partial charge is 0.344 e. The summed E-state index contributed by atoms with van der Waals surface area (Å²) < 4.78 is 6.92. The van der Waals surface area contributed by atoms with Gasteiger partial charge in [0.1, 0.15) is 5.82 Å². The molecule has 64 heavy (non-hydrogen) atoms. The molecule has 4 nitrogen and oxygen atoms in total. The molecule has 0 atom stereocenters. The first kappa shape index (κ1) is 36.2. The molecule has 4 heteroatoms. The molecule has 0 spiro atoms. The van der Waals surface area contributed by atoms with Gasteiger partial charge in [-0.25, -0.2) is 4.98 Å². The topological polar surface area (TPSA) is 27.7 Å². The van der Waals surface area contributed by atoms with Gasteiger partial charge in [-0.3, -0.25) is 4.57 Å². The van der Waals surface area contributed by atoms with Crippen LogP contribution in [0.1, 0.15) is 0 Å². The van der Waals surface area contributed by atoms with Gasteiger partial charge in [0.2, 0.25) is 0 Å². The van der Waals surface area contributed by atoms with E-state index in [1.807, 2.05) is 0 Å². The van der Waals surface area contributed by atoms with Gasteiger partial charge in [0.25, 0.3) is 0 Å². The van der Waals surface area contributed by atoms with Crippen LogP contribution in [0.2, 0.25) is 0 Å². The van der Waals surface area contributed by atoms with Crippen LogP contribution in [0, 0.1) is 0 Å². The third-order valence-corrected chi connectivity index (χ3v) is 13.3. The molecule has 0 bridgehead atoms. The lowest BCUT2D eigenvalue weighted by atomic mass is 9.88. The van der Waals surface area contributed by atoms with Crippen LogP contribution in [0.15, 0.2) is 224 Å². The van der Waals surface area contributed by atoms with Crippen molar-refractivity contribution >= 4 is 87.0 Å². The second-order valence-corrected chi connectivity index (χ2v) is 16.8. The highest BCUT2D eigenvalue weighted by Gasteiger charge is 2.20. The number of fused-ring (bicyclic) bond motifs is 7. The first-order chi connectivity index (χ1) is 31.7. The van der Waals surface area contributed by atoms with Gasteiger partial charge in [0.05, 0.1) is 22.1 Å². The maximum absolute atomic E-state index is 5.23. The fourth-order valence-corrected chi connectivity index (χ4v) is 10.4. The molecule has 0 radical (unpaired) electrons. The molecule has 14 rings (SSSR count). The van der Waals surface area contributed by atoms with Gasteiger partial charge in [0, 0.05) is 56.6 Å². The Morgan fingerprint density at radius 2 is 0.750 bits per heavy atom. The van der Waals surface area contributed by atoms with Gasteiger partial charge in [-0.2, -0.15) is 0 Å². The number of para-hydroxylation sites is 7. The molecule has 11 aromatic carbocycles. The zero-order chi connectivity index (χ0) is 42.3. The van der Waals surface area contributed by atoms with E-state index < -0.39 is 0 Å². The lowest BCUT2D eigenvalue weighted by Gasteiger charge is -2.17. The Labute approximate surface area is 369 Å². The molecule has 0 aliphatic carbocycles. The number of hydrogen-bond acceptors (Lipinski definition) is 1. The Morgan fingerprint density at radius 3 is 1.34 bits per heavy atom. The second-order valence-electron chi connectivity index (χ2n) is 16.8. The molecule has 0 fully saturated rings. The van der Waals surface area contributed by atoms with E-state index in [-0.39, 0.29) is 0 Å².